The molecule has 1 heterocycles. The lowest BCUT2D eigenvalue weighted by atomic mass is 10.2. The second-order valence-electron chi connectivity index (χ2n) is 5.39. The van der Waals surface area contributed by atoms with Crippen molar-refractivity contribution in [2.45, 2.75) is 39.2 Å². The van der Waals surface area contributed by atoms with Gasteiger partial charge in [0.2, 0.25) is 0 Å². The Morgan fingerprint density at radius 2 is 2.32 bits per heavy atom. The van der Waals surface area contributed by atoms with Crippen LogP contribution in [0.5, 0.6) is 0 Å². The van der Waals surface area contributed by atoms with E-state index in [0.717, 1.165) is 22.8 Å². The Labute approximate surface area is 112 Å². The van der Waals surface area contributed by atoms with E-state index in [9.17, 15) is 4.79 Å². The van der Waals surface area contributed by atoms with Crippen LogP contribution >= 0.6 is 0 Å². The summed E-state index contributed by atoms with van der Waals surface area (Å²) in [5, 5.41) is 9.10. The second-order valence-corrected chi connectivity index (χ2v) is 5.39. The van der Waals surface area contributed by atoms with E-state index in [1.54, 1.807) is 18.2 Å². The number of imidazole rings is 1. The molecule has 0 radical (unpaired) electrons. The molecule has 2 unspecified atom stereocenters. The summed E-state index contributed by atoms with van der Waals surface area (Å²) in [6, 6.07) is 5.69. The zero-order valence-corrected chi connectivity index (χ0v) is 11.3. The molecule has 1 aromatic heterocycles. The SMILES string of the molecule is CCCC1CC1n1c(C)nc2ccc(C(=O)O)cc21. The van der Waals surface area contributed by atoms with Gasteiger partial charge in [0.05, 0.1) is 16.6 Å². The van der Waals surface area contributed by atoms with Gasteiger partial charge in [0.1, 0.15) is 5.82 Å². The number of nitrogens with zero attached hydrogens (tertiary/aromatic N) is 2. The summed E-state index contributed by atoms with van der Waals surface area (Å²) < 4.78 is 2.22. The first kappa shape index (κ1) is 12.2. The van der Waals surface area contributed by atoms with Crippen LogP contribution in [0.4, 0.5) is 0 Å². The predicted molar refractivity (Wildman–Crippen MR) is 73.5 cm³/mol. The molecule has 19 heavy (non-hydrogen) atoms. The van der Waals surface area contributed by atoms with Gasteiger partial charge in [-0.1, -0.05) is 13.3 Å². The third-order valence-corrected chi connectivity index (χ3v) is 3.99. The summed E-state index contributed by atoms with van der Waals surface area (Å²) in [4.78, 5) is 15.6. The van der Waals surface area contributed by atoms with E-state index in [1.165, 1.54) is 19.3 Å². The van der Waals surface area contributed by atoms with Gasteiger partial charge in [0.15, 0.2) is 0 Å². The number of carboxylic acid groups (broad SMARTS) is 1. The molecule has 1 fully saturated rings. The molecular formula is C15H18N2O2. The van der Waals surface area contributed by atoms with Crippen molar-refractivity contribution in [3.63, 3.8) is 0 Å². The third-order valence-electron chi connectivity index (χ3n) is 3.99. The standard InChI is InChI=1S/C15H18N2O2/c1-3-4-10-7-13(10)17-9(2)16-12-6-5-11(15(18)19)8-14(12)17/h5-6,8,10,13H,3-4,7H2,1-2H3,(H,18,19). The van der Waals surface area contributed by atoms with Crippen LogP contribution in [0.3, 0.4) is 0 Å². The molecule has 0 spiro atoms. The van der Waals surface area contributed by atoms with E-state index in [-0.39, 0.29) is 0 Å². The molecule has 1 saturated carbocycles. The van der Waals surface area contributed by atoms with Gasteiger partial charge in [0.25, 0.3) is 0 Å². The number of carbonyl (C=O) groups is 1. The average Bonchev–Trinajstić information content (AvgIpc) is 3.02. The van der Waals surface area contributed by atoms with Gasteiger partial charge in [-0.25, -0.2) is 9.78 Å². The van der Waals surface area contributed by atoms with Gasteiger partial charge >= 0.3 is 5.97 Å². The molecule has 3 rings (SSSR count). The smallest absolute Gasteiger partial charge is 0.335 e. The van der Waals surface area contributed by atoms with Crippen LogP contribution < -0.4 is 0 Å². The second kappa shape index (κ2) is 4.37. The minimum absolute atomic E-state index is 0.335. The first-order valence-corrected chi connectivity index (χ1v) is 6.83. The number of carboxylic acids is 1. The van der Waals surface area contributed by atoms with Crippen LogP contribution in [0, 0.1) is 12.8 Å². The highest BCUT2D eigenvalue weighted by atomic mass is 16.4. The lowest BCUT2D eigenvalue weighted by molar-refractivity contribution is 0.0697. The Balaban J connectivity index is 2.05. The summed E-state index contributed by atoms with van der Waals surface area (Å²) in [7, 11) is 0. The van der Waals surface area contributed by atoms with Gasteiger partial charge in [-0.15, -0.1) is 0 Å². The van der Waals surface area contributed by atoms with E-state index < -0.39 is 5.97 Å². The Morgan fingerprint density at radius 1 is 1.53 bits per heavy atom. The Hall–Kier alpha value is -1.84. The summed E-state index contributed by atoms with van der Waals surface area (Å²) in [5.74, 6) is 0.837. The third kappa shape index (κ3) is 2.01. The molecule has 4 heteroatoms. The maximum absolute atomic E-state index is 11.1. The van der Waals surface area contributed by atoms with Crippen LogP contribution in [-0.4, -0.2) is 20.6 Å². The van der Waals surface area contributed by atoms with E-state index >= 15 is 0 Å². The molecule has 1 aliphatic rings. The van der Waals surface area contributed by atoms with Gasteiger partial charge in [-0.05, 0) is 43.9 Å². The number of aromatic carboxylic acids is 1. The van der Waals surface area contributed by atoms with Crippen LogP contribution in [0.1, 0.15) is 48.4 Å². The predicted octanol–water partition coefficient (Wildman–Crippen LogP) is 3.40. The van der Waals surface area contributed by atoms with Crippen molar-refractivity contribution in [1.82, 2.24) is 9.55 Å². The van der Waals surface area contributed by atoms with Gasteiger partial charge < -0.3 is 9.67 Å². The van der Waals surface area contributed by atoms with Gasteiger partial charge in [0, 0.05) is 6.04 Å². The van der Waals surface area contributed by atoms with Crippen molar-refractivity contribution in [3.8, 4) is 0 Å². The summed E-state index contributed by atoms with van der Waals surface area (Å²) in [6.07, 6.45) is 3.63. The Morgan fingerprint density at radius 3 is 3.00 bits per heavy atom. The fraction of sp³-hybridized carbons (Fsp3) is 0.467. The Kier molecular flexibility index (Phi) is 2.81. The lowest BCUT2D eigenvalue weighted by Crippen LogP contribution is -2.01. The first-order valence-electron chi connectivity index (χ1n) is 6.83. The number of hydrogen-bond acceptors (Lipinski definition) is 2. The molecular weight excluding hydrogens is 240 g/mol. The van der Waals surface area contributed by atoms with Crippen molar-refractivity contribution < 1.29 is 9.90 Å². The van der Waals surface area contributed by atoms with Crippen molar-refractivity contribution >= 4 is 17.0 Å². The van der Waals surface area contributed by atoms with Crippen LogP contribution in [0.25, 0.3) is 11.0 Å². The minimum Gasteiger partial charge on any atom is -0.478 e. The van der Waals surface area contributed by atoms with E-state index in [0.29, 0.717) is 11.6 Å². The normalized spacial score (nSPS) is 21.8. The fourth-order valence-corrected chi connectivity index (χ4v) is 2.99. The number of benzene rings is 1. The summed E-state index contributed by atoms with van der Waals surface area (Å²) in [5.41, 5.74) is 2.19. The summed E-state index contributed by atoms with van der Waals surface area (Å²) >= 11 is 0. The molecule has 100 valence electrons. The number of rotatable bonds is 4. The maximum atomic E-state index is 11.1. The Bertz CT molecular complexity index is 645. The molecule has 1 N–H and O–H groups in total. The monoisotopic (exact) mass is 258 g/mol. The van der Waals surface area contributed by atoms with E-state index in [4.69, 9.17) is 5.11 Å². The fourth-order valence-electron chi connectivity index (χ4n) is 2.99. The molecule has 1 aliphatic carbocycles. The van der Waals surface area contributed by atoms with Crippen molar-refractivity contribution in [2.75, 3.05) is 0 Å². The molecule has 0 bridgehead atoms. The molecule has 0 saturated heterocycles. The maximum Gasteiger partial charge on any atom is 0.335 e. The highest BCUT2D eigenvalue weighted by Gasteiger charge is 2.39. The van der Waals surface area contributed by atoms with E-state index in [1.807, 2.05) is 6.92 Å². The lowest BCUT2D eigenvalue weighted by Gasteiger charge is -2.06. The zero-order chi connectivity index (χ0) is 13.6. The number of aromatic nitrogens is 2. The topological polar surface area (TPSA) is 55.1 Å². The highest BCUT2D eigenvalue weighted by Crippen LogP contribution is 2.48. The van der Waals surface area contributed by atoms with Crippen molar-refractivity contribution in [3.05, 3.63) is 29.6 Å². The number of aryl methyl sites for hydroxylation is 1. The average molecular weight is 258 g/mol. The van der Waals surface area contributed by atoms with E-state index in [2.05, 4.69) is 16.5 Å². The minimum atomic E-state index is -0.881. The molecule has 2 aromatic rings. The van der Waals surface area contributed by atoms with Crippen LogP contribution in [0.15, 0.2) is 18.2 Å². The highest BCUT2D eigenvalue weighted by molar-refractivity contribution is 5.92. The molecule has 4 nitrogen and oxygen atoms in total. The number of fused-ring (bicyclic) bond motifs is 1. The van der Waals surface area contributed by atoms with Crippen molar-refractivity contribution in [1.29, 1.82) is 0 Å². The first-order chi connectivity index (χ1) is 9.11. The van der Waals surface area contributed by atoms with Crippen LogP contribution in [-0.2, 0) is 0 Å². The molecule has 1 aromatic carbocycles. The quantitative estimate of drug-likeness (QED) is 0.914. The largest absolute Gasteiger partial charge is 0.478 e. The van der Waals surface area contributed by atoms with Gasteiger partial charge in [-0.3, -0.25) is 0 Å². The summed E-state index contributed by atoms with van der Waals surface area (Å²) in [6.45, 7) is 4.21. The number of hydrogen-bond donors (Lipinski definition) is 1. The van der Waals surface area contributed by atoms with Crippen molar-refractivity contribution in [2.24, 2.45) is 5.92 Å². The van der Waals surface area contributed by atoms with Crippen LogP contribution in [0.2, 0.25) is 0 Å². The molecule has 2 atom stereocenters. The molecule has 0 aliphatic heterocycles. The molecule has 0 amide bonds. The zero-order valence-electron chi connectivity index (χ0n) is 11.3. The van der Waals surface area contributed by atoms with Gasteiger partial charge in [-0.2, -0.15) is 0 Å².